The molecule has 7 heteroatoms. The highest BCUT2D eigenvalue weighted by Gasteiger charge is 2.24. The Labute approximate surface area is 153 Å². The van der Waals surface area contributed by atoms with Crippen molar-refractivity contribution >= 4 is 33.3 Å². The molecule has 0 radical (unpaired) electrons. The van der Waals surface area contributed by atoms with Gasteiger partial charge in [-0.3, -0.25) is 4.79 Å². The molecule has 25 heavy (non-hydrogen) atoms. The summed E-state index contributed by atoms with van der Waals surface area (Å²) in [7, 11) is 4.15. The number of nitrogens with one attached hydrogen (secondary N) is 1. The van der Waals surface area contributed by atoms with Gasteiger partial charge in [0.15, 0.2) is 0 Å². The van der Waals surface area contributed by atoms with Crippen LogP contribution in [0.25, 0.3) is 10.2 Å². The first-order valence-electron chi connectivity index (χ1n) is 9.00. The number of thiophene rings is 1. The molecule has 1 amide bonds. The number of likely N-dealkylation sites (tertiary alicyclic amines) is 1. The Morgan fingerprint density at radius 1 is 1.28 bits per heavy atom. The highest BCUT2D eigenvalue weighted by atomic mass is 32.1. The first-order valence-corrected chi connectivity index (χ1v) is 9.81. The summed E-state index contributed by atoms with van der Waals surface area (Å²) in [6.45, 7) is 5.64. The summed E-state index contributed by atoms with van der Waals surface area (Å²) in [6, 6.07) is 0. The molecule has 2 aromatic rings. The smallest absolute Gasteiger partial charge is 0.264 e. The van der Waals surface area contributed by atoms with E-state index in [2.05, 4.69) is 34.3 Å². The van der Waals surface area contributed by atoms with Gasteiger partial charge in [-0.15, -0.1) is 11.3 Å². The SMILES string of the molecule is Cc1c(C(=O)N2CCCCC2)sc2ncnc(NCCCN(C)C)c12. The maximum Gasteiger partial charge on any atom is 0.264 e. The van der Waals surface area contributed by atoms with Crippen molar-refractivity contribution in [1.29, 1.82) is 0 Å². The summed E-state index contributed by atoms with van der Waals surface area (Å²) in [5, 5.41) is 4.42. The van der Waals surface area contributed by atoms with Gasteiger partial charge in [-0.2, -0.15) is 0 Å². The van der Waals surface area contributed by atoms with E-state index in [-0.39, 0.29) is 5.91 Å². The fourth-order valence-corrected chi connectivity index (χ4v) is 4.37. The highest BCUT2D eigenvalue weighted by molar-refractivity contribution is 7.20. The van der Waals surface area contributed by atoms with Crippen LogP contribution in [0.5, 0.6) is 0 Å². The molecule has 0 atom stereocenters. The van der Waals surface area contributed by atoms with E-state index in [1.165, 1.54) is 17.8 Å². The van der Waals surface area contributed by atoms with Crippen molar-refractivity contribution in [2.45, 2.75) is 32.6 Å². The number of fused-ring (bicyclic) bond motifs is 1. The molecule has 6 nitrogen and oxygen atoms in total. The molecule has 136 valence electrons. The third kappa shape index (κ3) is 4.10. The minimum Gasteiger partial charge on any atom is -0.369 e. The number of hydrogen-bond donors (Lipinski definition) is 1. The van der Waals surface area contributed by atoms with E-state index in [9.17, 15) is 4.79 Å². The van der Waals surface area contributed by atoms with Crippen molar-refractivity contribution in [1.82, 2.24) is 19.8 Å². The molecule has 1 fully saturated rings. The highest BCUT2D eigenvalue weighted by Crippen LogP contribution is 2.34. The van der Waals surface area contributed by atoms with Gasteiger partial charge in [-0.1, -0.05) is 0 Å². The Kier molecular flexibility index (Phi) is 5.86. The number of piperidine rings is 1. The summed E-state index contributed by atoms with van der Waals surface area (Å²) >= 11 is 1.49. The standard InChI is InChI=1S/C18H27N5OS/c1-13-14-16(19-8-7-9-22(2)3)20-12-21-17(14)25-15(13)18(24)23-10-5-4-6-11-23/h12H,4-11H2,1-3H3,(H,19,20,21). The Morgan fingerprint density at radius 2 is 2.04 bits per heavy atom. The number of anilines is 1. The summed E-state index contributed by atoms with van der Waals surface area (Å²) < 4.78 is 0. The van der Waals surface area contributed by atoms with Crippen molar-refractivity contribution in [2.24, 2.45) is 0 Å². The zero-order chi connectivity index (χ0) is 17.8. The maximum atomic E-state index is 12.9. The lowest BCUT2D eigenvalue weighted by molar-refractivity contribution is 0.0728. The van der Waals surface area contributed by atoms with E-state index in [1.807, 2.05) is 11.8 Å². The van der Waals surface area contributed by atoms with Gasteiger partial charge in [-0.25, -0.2) is 9.97 Å². The van der Waals surface area contributed by atoms with E-state index >= 15 is 0 Å². The summed E-state index contributed by atoms with van der Waals surface area (Å²) in [6.07, 6.45) is 6.06. The minimum atomic E-state index is 0.152. The van der Waals surface area contributed by atoms with E-state index in [1.54, 1.807) is 6.33 Å². The third-order valence-corrected chi connectivity index (χ3v) is 5.83. The molecular weight excluding hydrogens is 334 g/mol. The van der Waals surface area contributed by atoms with Crippen LogP contribution in [-0.4, -0.2) is 65.9 Å². The molecule has 0 saturated carbocycles. The van der Waals surface area contributed by atoms with E-state index in [0.717, 1.165) is 71.9 Å². The van der Waals surface area contributed by atoms with Crippen LogP contribution >= 0.6 is 11.3 Å². The molecule has 1 saturated heterocycles. The zero-order valence-electron chi connectivity index (χ0n) is 15.3. The average molecular weight is 362 g/mol. The molecule has 1 aliphatic rings. The van der Waals surface area contributed by atoms with Gasteiger partial charge >= 0.3 is 0 Å². The first kappa shape index (κ1) is 18.1. The third-order valence-electron chi connectivity index (χ3n) is 4.64. The molecule has 3 rings (SSSR count). The molecule has 0 aliphatic carbocycles. The minimum absolute atomic E-state index is 0.152. The van der Waals surface area contributed by atoms with Crippen LogP contribution in [0.15, 0.2) is 6.33 Å². The Hall–Kier alpha value is -1.73. The molecule has 1 aliphatic heterocycles. The first-order chi connectivity index (χ1) is 12.1. The lowest BCUT2D eigenvalue weighted by atomic mass is 10.1. The lowest BCUT2D eigenvalue weighted by Gasteiger charge is -2.26. The Bertz CT molecular complexity index is 736. The van der Waals surface area contributed by atoms with Crippen LogP contribution < -0.4 is 5.32 Å². The van der Waals surface area contributed by atoms with E-state index < -0.39 is 0 Å². The fourth-order valence-electron chi connectivity index (χ4n) is 3.25. The summed E-state index contributed by atoms with van der Waals surface area (Å²) in [4.78, 5) is 27.6. The number of amides is 1. The van der Waals surface area contributed by atoms with Gasteiger partial charge in [0.1, 0.15) is 17.0 Å². The average Bonchev–Trinajstić information content (AvgIpc) is 2.96. The number of aromatic nitrogens is 2. The monoisotopic (exact) mass is 361 g/mol. The van der Waals surface area contributed by atoms with E-state index in [0.29, 0.717) is 0 Å². The second-order valence-corrected chi connectivity index (χ2v) is 7.89. The van der Waals surface area contributed by atoms with Gasteiger partial charge in [0.25, 0.3) is 5.91 Å². The second kappa shape index (κ2) is 8.10. The van der Waals surface area contributed by atoms with E-state index in [4.69, 9.17) is 0 Å². The van der Waals surface area contributed by atoms with Gasteiger partial charge in [-0.05, 0) is 58.8 Å². The largest absolute Gasteiger partial charge is 0.369 e. The molecule has 3 heterocycles. The predicted molar refractivity (Wildman–Crippen MR) is 104 cm³/mol. The number of carbonyl (C=O) groups is 1. The van der Waals surface area contributed by atoms with Crippen LogP contribution in [0.4, 0.5) is 5.82 Å². The van der Waals surface area contributed by atoms with Gasteiger partial charge in [0.2, 0.25) is 0 Å². The predicted octanol–water partition coefficient (Wildman–Crippen LogP) is 2.99. The number of hydrogen-bond acceptors (Lipinski definition) is 6. The Morgan fingerprint density at radius 3 is 2.76 bits per heavy atom. The molecule has 0 aromatic carbocycles. The second-order valence-electron chi connectivity index (χ2n) is 6.90. The molecule has 0 bridgehead atoms. The van der Waals surface area contributed by atoms with Gasteiger partial charge in [0.05, 0.1) is 10.3 Å². The van der Waals surface area contributed by atoms with Crippen LogP contribution in [0, 0.1) is 6.92 Å². The van der Waals surface area contributed by atoms with Crippen LogP contribution in [0.1, 0.15) is 40.9 Å². The van der Waals surface area contributed by atoms with Crippen molar-refractivity contribution in [2.75, 3.05) is 45.6 Å². The molecule has 2 aromatic heterocycles. The maximum absolute atomic E-state index is 12.9. The quantitative estimate of drug-likeness (QED) is 0.802. The van der Waals surface area contributed by atoms with Crippen molar-refractivity contribution < 1.29 is 4.79 Å². The van der Waals surface area contributed by atoms with Crippen LogP contribution in [-0.2, 0) is 0 Å². The molecular formula is C18H27N5OS. The number of carbonyl (C=O) groups excluding carboxylic acids is 1. The summed E-state index contributed by atoms with van der Waals surface area (Å²) in [5.74, 6) is 0.994. The topological polar surface area (TPSA) is 61.4 Å². The van der Waals surface area contributed by atoms with Gasteiger partial charge < -0.3 is 15.1 Å². The van der Waals surface area contributed by atoms with Crippen LogP contribution in [0.2, 0.25) is 0 Å². The van der Waals surface area contributed by atoms with Gasteiger partial charge in [0, 0.05) is 19.6 Å². The lowest BCUT2D eigenvalue weighted by Crippen LogP contribution is -2.35. The normalized spacial score (nSPS) is 15.1. The molecule has 0 unspecified atom stereocenters. The summed E-state index contributed by atoms with van der Waals surface area (Å²) in [5.41, 5.74) is 1.01. The molecule has 0 spiro atoms. The van der Waals surface area contributed by atoms with Crippen LogP contribution in [0.3, 0.4) is 0 Å². The molecule has 1 N–H and O–H groups in total. The number of aryl methyl sites for hydroxylation is 1. The zero-order valence-corrected chi connectivity index (χ0v) is 16.2. The number of rotatable bonds is 6. The Balaban J connectivity index is 1.81. The van der Waals surface area contributed by atoms with Crippen molar-refractivity contribution in [3.8, 4) is 0 Å². The fraction of sp³-hybridized carbons (Fsp3) is 0.611. The van der Waals surface area contributed by atoms with Crippen molar-refractivity contribution in [3.63, 3.8) is 0 Å². The number of nitrogens with zero attached hydrogens (tertiary/aromatic N) is 4. The van der Waals surface area contributed by atoms with Crippen molar-refractivity contribution in [3.05, 3.63) is 16.8 Å².